The molecule has 5 heteroatoms. The average molecular weight is 357 g/mol. The first-order valence-electron chi connectivity index (χ1n) is 7.18. The maximum absolute atomic E-state index is 6.12. The van der Waals surface area contributed by atoms with Crippen LogP contribution in [-0.4, -0.2) is 14.5 Å². The molecule has 0 saturated heterocycles. The lowest BCUT2D eigenvalue weighted by Gasteiger charge is -2.34. The Labute approximate surface area is 132 Å². The quantitative estimate of drug-likeness (QED) is 0.714. The van der Waals surface area contributed by atoms with Crippen LogP contribution in [0.15, 0.2) is 16.7 Å². The predicted molar refractivity (Wildman–Crippen MR) is 86.0 cm³/mol. The van der Waals surface area contributed by atoms with Crippen LogP contribution in [0.3, 0.4) is 0 Å². The summed E-state index contributed by atoms with van der Waals surface area (Å²) in [4.78, 5) is 9.23. The average Bonchev–Trinajstić information content (AvgIpc) is 2.76. The number of halogens is 2. The maximum atomic E-state index is 6.12. The number of hydrogen-bond acceptors (Lipinski definition) is 2. The van der Waals surface area contributed by atoms with Crippen LogP contribution in [0.1, 0.15) is 45.0 Å². The Hall–Kier alpha value is -0.610. The molecule has 20 heavy (non-hydrogen) atoms. The van der Waals surface area contributed by atoms with Gasteiger partial charge >= 0.3 is 0 Å². The zero-order valence-electron chi connectivity index (χ0n) is 11.8. The fourth-order valence-electron chi connectivity index (χ4n) is 3.48. The van der Waals surface area contributed by atoms with Gasteiger partial charge in [-0.2, -0.15) is 0 Å². The van der Waals surface area contributed by atoms with Gasteiger partial charge in [-0.05, 0) is 53.1 Å². The monoisotopic (exact) mass is 355 g/mol. The molecule has 2 aromatic rings. The van der Waals surface area contributed by atoms with Crippen LogP contribution >= 0.6 is 27.5 Å². The van der Waals surface area contributed by atoms with Crippen LogP contribution in [0.25, 0.3) is 11.2 Å². The van der Waals surface area contributed by atoms with Crippen LogP contribution in [0, 0.1) is 11.8 Å². The lowest BCUT2D eigenvalue weighted by molar-refractivity contribution is 0.208. The zero-order valence-corrected chi connectivity index (χ0v) is 14.2. The van der Waals surface area contributed by atoms with Crippen LogP contribution in [0.5, 0.6) is 0 Å². The smallest absolute Gasteiger partial charge is 0.160 e. The van der Waals surface area contributed by atoms with Crippen LogP contribution in [-0.2, 0) is 5.88 Å². The Bertz CT molecular complexity index is 625. The van der Waals surface area contributed by atoms with Crippen LogP contribution in [0.2, 0.25) is 0 Å². The van der Waals surface area contributed by atoms with Crippen molar-refractivity contribution in [2.24, 2.45) is 11.8 Å². The van der Waals surface area contributed by atoms with Crippen molar-refractivity contribution >= 4 is 38.7 Å². The van der Waals surface area contributed by atoms with Crippen molar-refractivity contribution in [1.82, 2.24) is 14.5 Å². The van der Waals surface area contributed by atoms with Gasteiger partial charge in [-0.25, -0.2) is 9.97 Å². The minimum atomic E-state index is 0.437. The van der Waals surface area contributed by atoms with E-state index in [0.29, 0.717) is 17.8 Å². The first-order chi connectivity index (χ1) is 9.60. The van der Waals surface area contributed by atoms with Gasteiger partial charge in [0.25, 0.3) is 0 Å². The van der Waals surface area contributed by atoms with Crippen LogP contribution < -0.4 is 0 Å². The van der Waals surface area contributed by atoms with E-state index in [1.165, 1.54) is 19.3 Å². The van der Waals surface area contributed by atoms with E-state index in [0.717, 1.165) is 27.4 Å². The van der Waals surface area contributed by atoms with Gasteiger partial charge in [0.1, 0.15) is 11.3 Å². The normalized spacial score (nSPS) is 27.1. The van der Waals surface area contributed by atoms with Crippen molar-refractivity contribution in [2.45, 2.75) is 45.0 Å². The fraction of sp³-hybridized carbons (Fsp3) is 0.600. The lowest BCUT2D eigenvalue weighted by Crippen LogP contribution is -2.26. The van der Waals surface area contributed by atoms with Crippen molar-refractivity contribution in [3.05, 3.63) is 22.6 Å². The summed E-state index contributed by atoms with van der Waals surface area (Å²) in [6.07, 6.45) is 5.57. The molecule has 3 atom stereocenters. The van der Waals surface area contributed by atoms with Crippen molar-refractivity contribution < 1.29 is 0 Å². The minimum absolute atomic E-state index is 0.437. The molecule has 0 N–H and O–H groups in total. The summed E-state index contributed by atoms with van der Waals surface area (Å²) >= 11 is 9.58. The first-order valence-corrected chi connectivity index (χ1v) is 8.51. The third kappa shape index (κ3) is 2.48. The largest absolute Gasteiger partial charge is 0.308 e. The number of hydrogen-bond donors (Lipinski definition) is 0. The van der Waals surface area contributed by atoms with Gasteiger partial charge in [0.2, 0.25) is 0 Å². The van der Waals surface area contributed by atoms with Gasteiger partial charge in [-0.1, -0.05) is 13.8 Å². The summed E-state index contributed by atoms with van der Waals surface area (Å²) in [6, 6.07) is 2.49. The Morgan fingerprint density at radius 1 is 1.40 bits per heavy atom. The van der Waals surface area contributed by atoms with Crippen molar-refractivity contribution in [3.8, 4) is 0 Å². The molecule has 2 aromatic heterocycles. The molecule has 0 aromatic carbocycles. The topological polar surface area (TPSA) is 30.7 Å². The molecular weight excluding hydrogens is 338 g/mol. The summed E-state index contributed by atoms with van der Waals surface area (Å²) in [5.41, 5.74) is 1.90. The fourth-order valence-corrected chi connectivity index (χ4v) is 3.99. The van der Waals surface area contributed by atoms with E-state index in [2.05, 4.69) is 44.3 Å². The predicted octanol–water partition coefficient (Wildman–Crippen LogP) is 4.93. The Kier molecular flexibility index (Phi) is 4.04. The van der Waals surface area contributed by atoms with E-state index in [4.69, 9.17) is 11.6 Å². The van der Waals surface area contributed by atoms with Crippen LogP contribution in [0.4, 0.5) is 0 Å². The highest BCUT2D eigenvalue weighted by Gasteiger charge is 2.29. The van der Waals surface area contributed by atoms with E-state index < -0.39 is 0 Å². The molecule has 0 amide bonds. The van der Waals surface area contributed by atoms with Gasteiger partial charge < -0.3 is 4.57 Å². The third-order valence-corrected chi connectivity index (χ3v) is 5.08. The van der Waals surface area contributed by atoms with Gasteiger partial charge in [0.15, 0.2) is 5.65 Å². The van der Waals surface area contributed by atoms with Gasteiger partial charge in [-0.15, -0.1) is 11.6 Å². The second kappa shape index (κ2) is 5.64. The van der Waals surface area contributed by atoms with Gasteiger partial charge in [0.05, 0.1) is 5.88 Å². The van der Waals surface area contributed by atoms with E-state index in [9.17, 15) is 0 Å². The van der Waals surface area contributed by atoms with Crippen molar-refractivity contribution in [1.29, 1.82) is 0 Å². The highest BCUT2D eigenvalue weighted by atomic mass is 79.9. The van der Waals surface area contributed by atoms with Gasteiger partial charge in [-0.3, -0.25) is 0 Å². The van der Waals surface area contributed by atoms with E-state index in [1.54, 1.807) is 0 Å². The van der Waals surface area contributed by atoms with Crippen molar-refractivity contribution in [2.75, 3.05) is 0 Å². The lowest BCUT2D eigenvalue weighted by atomic mass is 9.79. The molecular formula is C15H19BrClN3. The number of imidazole rings is 1. The number of nitrogens with zero attached hydrogens (tertiary/aromatic N) is 3. The molecule has 3 unspecified atom stereocenters. The molecule has 0 spiro atoms. The highest BCUT2D eigenvalue weighted by Crippen LogP contribution is 2.39. The highest BCUT2D eigenvalue weighted by molar-refractivity contribution is 9.10. The van der Waals surface area contributed by atoms with E-state index >= 15 is 0 Å². The van der Waals surface area contributed by atoms with Gasteiger partial charge in [0, 0.05) is 16.7 Å². The van der Waals surface area contributed by atoms with E-state index in [-0.39, 0.29) is 0 Å². The molecule has 1 saturated carbocycles. The number of aromatic nitrogens is 3. The number of alkyl halides is 1. The molecule has 3 rings (SSSR count). The molecule has 108 valence electrons. The number of fused-ring (bicyclic) bond motifs is 1. The molecule has 0 aliphatic heterocycles. The number of pyridine rings is 1. The SMILES string of the molecule is CC1CCC(n2c(CCl)nc3cc(Br)cnc32)C(C)C1. The summed E-state index contributed by atoms with van der Waals surface area (Å²) in [7, 11) is 0. The number of rotatable bonds is 2. The molecule has 1 aliphatic rings. The molecule has 3 nitrogen and oxygen atoms in total. The Morgan fingerprint density at radius 3 is 2.90 bits per heavy atom. The Morgan fingerprint density at radius 2 is 2.20 bits per heavy atom. The maximum Gasteiger partial charge on any atom is 0.160 e. The van der Waals surface area contributed by atoms with E-state index in [1.807, 2.05) is 12.3 Å². The first kappa shape index (κ1) is 14.3. The summed E-state index contributed by atoms with van der Waals surface area (Å²) in [5.74, 6) is 2.84. The Balaban J connectivity index is 2.09. The summed E-state index contributed by atoms with van der Waals surface area (Å²) < 4.78 is 3.24. The molecule has 0 bridgehead atoms. The molecule has 0 radical (unpaired) electrons. The minimum Gasteiger partial charge on any atom is -0.308 e. The summed E-state index contributed by atoms with van der Waals surface area (Å²) in [6.45, 7) is 4.68. The zero-order chi connectivity index (χ0) is 14.3. The molecule has 1 fully saturated rings. The molecule has 2 heterocycles. The standard InChI is InChI=1S/C15H19BrClN3/c1-9-3-4-13(10(2)5-9)20-14(7-17)19-12-6-11(16)8-18-15(12)20/h6,8-10,13H,3-5,7H2,1-2H3. The summed E-state index contributed by atoms with van der Waals surface area (Å²) in [5, 5.41) is 0. The third-order valence-electron chi connectivity index (χ3n) is 4.41. The van der Waals surface area contributed by atoms with Crippen molar-refractivity contribution in [3.63, 3.8) is 0 Å². The second-order valence-electron chi connectivity index (χ2n) is 5.99. The second-order valence-corrected chi connectivity index (χ2v) is 7.17. The molecule has 1 aliphatic carbocycles.